The van der Waals surface area contributed by atoms with Crippen molar-refractivity contribution in [3.63, 3.8) is 0 Å². The molecule has 0 spiro atoms. The van der Waals surface area contributed by atoms with Crippen LogP contribution in [0.5, 0.6) is 17.2 Å². The molecule has 0 atom stereocenters. The standard InChI is InChI=1S/C18H18O4/c1-20-16-9-5-4-8-14(16)15(19)12-11-13-7-6-10-17(21-2)18(13)22-3/h4-12H,1-3H3/b12-11+. The number of para-hydroxylation sites is 2. The summed E-state index contributed by atoms with van der Waals surface area (Å²) >= 11 is 0. The molecule has 2 aromatic carbocycles. The quantitative estimate of drug-likeness (QED) is 0.603. The van der Waals surface area contributed by atoms with Gasteiger partial charge in [-0.05, 0) is 30.4 Å². The average Bonchev–Trinajstić information content (AvgIpc) is 2.58. The van der Waals surface area contributed by atoms with Crippen molar-refractivity contribution in [2.45, 2.75) is 0 Å². The minimum absolute atomic E-state index is 0.137. The smallest absolute Gasteiger partial charge is 0.189 e. The summed E-state index contributed by atoms with van der Waals surface area (Å²) in [5.41, 5.74) is 1.29. The van der Waals surface area contributed by atoms with E-state index in [2.05, 4.69) is 0 Å². The number of hydrogen-bond donors (Lipinski definition) is 0. The van der Waals surface area contributed by atoms with Crippen LogP contribution in [0.3, 0.4) is 0 Å². The van der Waals surface area contributed by atoms with Crippen LogP contribution in [0.1, 0.15) is 15.9 Å². The molecule has 0 aliphatic carbocycles. The van der Waals surface area contributed by atoms with Crippen molar-refractivity contribution in [2.75, 3.05) is 21.3 Å². The van der Waals surface area contributed by atoms with Crippen LogP contribution in [-0.2, 0) is 0 Å². The molecule has 4 heteroatoms. The molecular weight excluding hydrogens is 280 g/mol. The zero-order valence-corrected chi connectivity index (χ0v) is 12.8. The molecule has 2 aromatic rings. The molecule has 114 valence electrons. The molecule has 0 fully saturated rings. The van der Waals surface area contributed by atoms with Gasteiger partial charge in [0.1, 0.15) is 5.75 Å². The Kier molecular flexibility index (Phi) is 5.20. The number of carbonyl (C=O) groups excluding carboxylic acids is 1. The van der Waals surface area contributed by atoms with Gasteiger partial charge in [0.05, 0.1) is 26.9 Å². The molecule has 2 rings (SSSR count). The molecule has 0 heterocycles. The summed E-state index contributed by atoms with van der Waals surface area (Å²) < 4.78 is 15.8. The SMILES string of the molecule is COc1ccccc1C(=O)/C=C/c1cccc(OC)c1OC. The third-order valence-electron chi connectivity index (χ3n) is 3.22. The van der Waals surface area contributed by atoms with Crippen LogP contribution >= 0.6 is 0 Å². The molecular formula is C18H18O4. The van der Waals surface area contributed by atoms with Gasteiger partial charge in [-0.25, -0.2) is 0 Å². The highest BCUT2D eigenvalue weighted by Gasteiger charge is 2.10. The summed E-state index contributed by atoms with van der Waals surface area (Å²) in [6, 6.07) is 12.6. The molecule has 0 amide bonds. The van der Waals surface area contributed by atoms with Crippen molar-refractivity contribution in [2.24, 2.45) is 0 Å². The minimum atomic E-state index is -0.137. The largest absolute Gasteiger partial charge is 0.496 e. The first-order chi connectivity index (χ1) is 10.7. The molecule has 0 N–H and O–H groups in total. The average molecular weight is 298 g/mol. The first kappa shape index (κ1) is 15.6. The molecule has 0 aliphatic heterocycles. The zero-order valence-electron chi connectivity index (χ0n) is 12.8. The highest BCUT2D eigenvalue weighted by molar-refractivity contribution is 6.08. The molecule has 0 aliphatic rings. The maximum atomic E-state index is 12.3. The number of rotatable bonds is 6. The topological polar surface area (TPSA) is 44.8 Å². The number of ketones is 1. The van der Waals surface area contributed by atoms with E-state index in [1.165, 1.54) is 6.08 Å². The van der Waals surface area contributed by atoms with Gasteiger partial charge in [-0.1, -0.05) is 24.3 Å². The lowest BCUT2D eigenvalue weighted by molar-refractivity contribution is 0.104. The molecule has 0 aromatic heterocycles. The van der Waals surface area contributed by atoms with Gasteiger partial charge in [0, 0.05) is 5.56 Å². The van der Waals surface area contributed by atoms with Crippen molar-refractivity contribution in [3.05, 3.63) is 59.7 Å². The summed E-state index contributed by atoms with van der Waals surface area (Å²) in [5, 5.41) is 0. The second-order valence-corrected chi connectivity index (χ2v) is 4.48. The number of carbonyl (C=O) groups is 1. The lowest BCUT2D eigenvalue weighted by Gasteiger charge is -2.10. The van der Waals surface area contributed by atoms with Crippen LogP contribution in [0.25, 0.3) is 6.08 Å². The molecule has 0 saturated carbocycles. The van der Waals surface area contributed by atoms with Gasteiger partial charge in [0.25, 0.3) is 0 Å². The van der Waals surface area contributed by atoms with E-state index in [0.717, 1.165) is 5.56 Å². The van der Waals surface area contributed by atoms with Crippen molar-refractivity contribution in [3.8, 4) is 17.2 Å². The Bertz CT molecular complexity index is 689. The molecule has 0 radical (unpaired) electrons. The fourth-order valence-electron chi connectivity index (χ4n) is 2.15. The zero-order chi connectivity index (χ0) is 15.9. The van der Waals surface area contributed by atoms with Crippen LogP contribution in [0.4, 0.5) is 0 Å². The van der Waals surface area contributed by atoms with E-state index in [1.807, 2.05) is 18.2 Å². The Morgan fingerprint density at radius 3 is 2.23 bits per heavy atom. The number of methoxy groups -OCH3 is 3. The van der Waals surface area contributed by atoms with E-state index < -0.39 is 0 Å². The third kappa shape index (κ3) is 3.28. The summed E-state index contributed by atoms with van der Waals surface area (Å²) in [6.45, 7) is 0. The van der Waals surface area contributed by atoms with Crippen LogP contribution in [-0.4, -0.2) is 27.1 Å². The van der Waals surface area contributed by atoms with Crippen LogP contribution in [0.15, 0.2) is 48.5 Å². The molecule has 4 nitrogen and oxygen atoms in total. The van der Waals surface area contributed by atoms with E-state index >= 15 is 0 Å². The Labute approximate surface area is 129 Å². The Hall–Kier alpha value is -2.75. The van der Waals surface area contributed by atoms with Gasteiger partial charge in [-0.15, -0.1) is 0 Å². The van der Waals surface area contributed by atoms with E-state index in [-0.39, 0.29) is 5.78 Å². The summed E-state index contributed by atoms with van der Waals surface area (Å²) in [7, 11) is 4.68. The van der Waals surface area contributed by atoms with E-state index in [4.69, 9.17) is 14.2 Å². The molecule has 0 bridgehead atoms. The normalized spacial score (nSPS) is 10.5. The van der Waals surface area contributed by atoms with Gasteiger partial charge in [-0.3, -0.25) is 4.79 Å². The van der Waals surface area contributed by atoms with E-state index in [1.54, 1.807) is 51.7 Å². The van der Waals surface area contributed by atoms with Gasteiger partial charge in [-0.2, -0.15) is 0 Å². The molecule has 0 saturated heterocycles. The Morgan fingerprint density at radius 2 is 1.55 bits per heavy atom. The minimum Gasteiger partial charge on any atom is -0.496 e. The van der Waals surface area contributed by atoms with Gasteiger partial charge in [0.15, 0.2) is 17.3 Å². The van der Waals surface area contributed by atoms with Crippen LogP contribution in [0, 0.1) is 0 Å². The van der Waals surface area contributed by atoms with Crippen LogP contribution < -0.4 is 14.2 Å². The van der Waals surface area contributed by atoms with Crippen molar-refractivity contribution < 1.29 is 19.0 Å². The first-order valence-electron chi connectivity index (χ1n) is 6.77. The first-order valence-corrected chi connectivity index (χ1v) is 6.77. The Balaban J connectivity index is 2.31. The number of benzene rings is 2. The number of ether oxygens (including phenoxy) is 3. The van der Waals surface area contributed by atoms with E-state index in [0.29, 0.717) is 22.8 Å². The van der Waals surface area contributed by atoms with Crippen molar-refractivity contribution >= 4 is 11.9 Å². The molecule has 22 heavy (non-hydrogen) atoms. The maximum Gasteiger partial charge on any atom is 0.189 e. The van der Waals surface area contributed by atoms with Gasteiger partial charge in [0.2, 0.25) is 0 Å². The van der Waals surface area contributed by atoms with Gasteiger partial charge >= 0.3 is 0 Å². The highest BCUT2D eigenvalue weighted by Crippen LogP contribution is 2.31. The predicted octanol–water partition coefficient (Wildman–Crippen LogP) is 3.61. The number of allylic oxidation sites excluding steroid dienone is 1. The van der Waals surface area contributed by atoms with Crippen LogP contribution in [0.2, 0.25) is 0 Å². The predicted molar refractivity (Wildman–Crippen MR) is 85.9 cm³/mol. The summed E-state index contributed by atoms with van der Waals surface area (Å²) in [4.78, 5) is 12.3. The lowest BCUT2D eigenvalue weighted by Crippen LogP contribution is -1.98. The van der Waals surface area contributed by atoms with E-state index in [9.17, 15) is 4.79 Å². The second kappa shape index (κ2) is 7.31. The third-order valence-corrected chi connectivity index (χ3v) is 3.22. The fourth-order valence-corrected chi connectivity index (χ4v) is 2.15. The van der Waals surface area contributed by atoms with Crippen molar-refractivity contribution in [1.29, 1.82) is 0 Å². The fraction of sp³-hybridized carbons (Fsp3) is 0.167. The number of hydrogen-bond acceptors (Lipinski definition) is 4. The van der Waals surface area contributed by atoms with Gasteiger partial charge < -0.3 is 14.2 Å². The molecule has 0 unspecified atom stereocenters. The lowest BCUT2D eigenvalue weighted by atomic mass is 10.1. The highest BCUT2D eigenvalue weighted by atomic mass is 16.5. The maximum absolute atomic E-state index is 12.3. The Morgan fingerprint density at radius 1 is 0.864 bits per heavy atom. The summed E-state index contributed by atoms with van der Waals surface area (Å²) in [5.74, 6) is 1.63. The van der Waals surface area contributed by atoms with Crippen molar-refractivity contribution in [1.82, 2.24) is 0 Å². The monoisotopic (exact) mass is 298 g/mol. The second-order valence-electron chi connectivity index (χ2n) is 4.48. The summed E-state index contributed by atoms with van der Waals surface area (Å²) in [6.07, 6.45) is 3.20.